The van der Waals surface area contributed by atoms with Gasteiger partial charge in [-0.3, -0.25) is 0 Å². The lowest BCUT2D eigenvalue weighted by Gasteiger charge is -2.23. The molecule has 88 valence electrons. The Morgan fingerprint density at radius 3 is 2.94 bits per heavy atom. The Hall–Kier alpha value is -1.73. The van der Waals surface area contributed by atoms with Crippen molar-refractivity contribution in [1.82, 2.24) is 0 Å². The first kappa shape index (κ1) is 11.7. The monoisotopic (exact) mass is 250 g/mol. The fourth-order valence-electron chi connectivity index (χ4n) is 2.11. The third kappa shape index (κ3) is 2.20. The highest BCUT2D eigenvalue weighted by atomic mass is 35.5. The molecule has 0 radical (unpaired) electrons. The summed E-state index contributed by atoms with van der Waals surface area (Å²) < 4.78 is 0. The Morgan fingerprint density at radius 1 is 1.59 bits per heavy atom. The molecular weight excluding hydrogens is 240 g/mol. The number of halogens is 1. The lowest BCUT2D eigenvalue weighted by molar-refractivity contribution is -0.138. The highest BCUT2D eigenvalue weighted by molar-refractivity contribution is 6.32. The number of carboxylic acids is 1. The molecular formula is C12H11ClN2O2. The number of benzene rings is 1. The molecule has 1 heterocycles. The molecule has 0 bridgehead atoms. The summed E-state index contributed by atoms with van der Waals surface area (Å²) in [7, 11) is 0. The zero-order valence-corrected chi connectivity index (χ0v) is 9.81. The second-order valence-electron chi connectivity index (χ2n) is 3.97. The quantitative estimate of drug-likeness (QED) is 0.875. The summed E-state index contributed by atoms with van der Waals surface area (Å²) in [5.74, 6) is -0.817. The molecule has 0 spiro atoms. The Bertz CT molecular complexity index is 496. The van der Waals surface area contributed by atoms with Crippen LogP contribution in [0.25, 0.3) is 0 Å². The molecule has 2 rings (SSSR count). The average Bonchev–Trinajstić information content (AvgIpc) is 2.77. The van der Waals surface area contributed by atoms with Crippen molar-refractivity contribution in [2.24, 2.45) is 0 Å². The van der Waals surface area contributed by atoms with Crippen LogP contribution in [0.5, 0.6) is 0 Å². The number of carboxylic acid groups (broad SMARTS) is 1. The van der Waals surface area contributed by atoms with Crippen LogP contribution in [0.1, 0.15) is 18.4 Å². The van der Waals surface area contributed by atoms with Crippen molar-refractivity contribution in [3.05, 3.63) is 28.8 Å². The van der Waals surface area contributed by atoms with E-state index in [-0.39, 0.29) is 0 Å². The maximum Gasteiger partial charge on any atom is 0.326 e. The van der Waals surface area contributed by atoms with Gasteiger partial charge in [-0.2, -0.15) is 5.26 Å². The van der Waals surface area contributed by atoms with E-state index >= 15 is 0 Å². The van der Waals surface area contributed by atoms with Gasteiger partial charge >= 0.3 is 5.97 Å². The molecule has 0 amide bonds. The van der Waals surface area contributed by atoms with Crippen LogP contribution in [0.4, 0.5) is 5.69 Å². The Balaban J connectivity index is 2.31. The summed E-state index contributed by atoms with van der Waals surface area (Å²) in [6, 6.07) is 6.51. The minimum atomic E-state index is -0.817. The van der Waals surface area contributed by atoms with Crippen molar-refractivity contribution in [3.63, 3.8) is 0 Å². The van der Waals surface area contributed by atoms with Crippen LogP contribution in [0.15, 0.2) is 18.2 Å². The number of anilines is 1. The topological polar surface area (TPSA) is 64.3 Å². The highest BCUT2D eigenvalue weighted by Gasteiger charge is 2.30. The molecule has 1 fully saturated rings. The number of rotatable bonds is 2. The van der Waals surface area contributed by atoms with E-state index in [0.29, 0.717) is 23.6 Å². The molecule has 1 aromatic rings. The zero-order chi connectivity index (χ0) is 12.4. The number of hydrogen-bond acceptors (Lipinski definition) is 3. The molecule has 0 aliphatic carbocycles. The highest BCUT2D eigenvalue weighted by Crippen LogP contribution is 2.29. The van der Waals surface area contributed by atoms with Crippen LogP contribution in [0.3, 0.4) is 0 Å². The molecule has 0 aromatic heterocycles. The lowest BCUT2D eigenvalue weighted by Crippen LogP contribution is -2.35. The number of hydrogen-bond donors (Lipinski definition) is 1. The number of aliphatic carboxylic acids is 1. The molecule has 1 atom stereocenters. The van der Waals surface area contributed by atoms with E-state index in [0.717, 1.165) is 12.1 Å². The van der Waals surface area contributed by atoms with Crippen molar-refractivity contribution in [2.45, 2.75) is 18.9 Å². The average molecular weight is 251 g/mol. The largest absolute Gasteiger partial charge is 0.480 e. The summed E-state index contributed by atoms with van der Waals surface area (Å²) in [4.78, 5) is 12.9. The predicted molar refractivity (Wildman–Crippen MR) is 64.2 cm³/mol. The first-order chi connectivity index (χ1) is 8.13. The van der Waals surface area contributed by atoms with Gasteiger partial charge in [-0.1, -0.05) is 11.6 Å². The van der Waals surface area contributed by atoms with Crippen LogP contribution >= 0.6 is 11.6 Å². The number of carbonyl (C=O) groups is 1. The Labute approximate surface area is 104 Å². The first-order valence-electron chi connectivity index (χ1n) is 5.32. The second kappa shape index (κ2) is 4.64. The van der Waals surface area contributed by atoms with Crippen molar-refractivity contribution in [3.8, 4) is 6.07 Å². The van der Waals surface area contributed by atoms with Crippen LogP contribution in [-0.2, 0) is 4.79 Å². The molecule has 0 saturated carbocycles. The van der Waals surface area contributed by atoms with Crippen LogP contribution in [0, 0.1) is 11.3 Å². The maximum absolute atomic E-state index is 11.1. The van der Waals surface area contributed by atoms with E-state index in [9.17, 15) is 4.79 Å². The zero-order valence-electron chi connectivity index (χ0n) is 9.06. The molecule has 1 aliphatic rings. The van der Waals surface area contributed by atoms with Crippen LogP contribution in [-0.4, -0.2) is 23.7 Å². The summed E-state index contributed by atoms with van der Waals surface area (Å²) in [6.07, 6.45) is 1.50. The number of nitrogens with zero attached hydrogens (tertiary/aromatic N) is 2. The van der Waals surface area contributed by atoms with Crippen LogP contribution in [0.2, 0.25) is 5.02 Å². The van der Waals surface area contributed by atoms with E-state index in [4.69, 9.17) is 22.0 Å². The van der Waals surface area contributed by atoms with E-state index in [1.165, 1.54) is 0 Å². The normalized spacial score (nSPS) is 19.1. The van der Waals surface area contributed by atoms with E-state index in [1.54, 1.807) is 18.2 Å². The molecule has 1 N–H and O–H groups in total. The minimum Gasteiger partial charge on any atom is -0.480 e. The smallest absolute Gasteiger partial charge is 0.326 e. The maximum atomic E-state index is 11.1. The molecule has 5 heteroatoms. The third-order valence-electron chi connectivity index (χ3n) is 2.94. The van der Waals surface area contributed by atoms with Gasteiger partial charge in [0.25, 0.3) is 0 Å². The van der Waals surface area contributed by atoms with E-state index in [1.807, 2.05) is 11.0 Å². The second-order valence-corrected chi connectivity index (χ2v) is 4.37. The van der Waals surface area contributed by atoms with Gasteiger partial charge in [-0.25, -0.2) is 4.79 Å². The van der Waals surface area contributed by atoms with Gasteiger partial charge < -0.3 is 10.0 Å². The standard InChI is InChI=1S/C12H11ClN2O2/c13-10-6-9(4-3-8(10)7-14)15-5-1-2-11(15)12(16)17/h3-4,6,11H,1-2,5H2,(H,16,17)/t11-/m0/s1. The van der Waals surface area contributed by atoms with Crippen molar-refractivity contribution < 1.29 is 9.90 Å². The van der Waals surface area contributed by atoms with Crippen molar-refractivity contribution >= 4 is 23.3 Å². The minimum absolute atomic E-state index is 0.362. The molecule has 4 nitrogen and oxygen atoms in total. The molecule has 17 heavy (non-hydrogen) atoms. The van der Waals surface area contributed by atoms with Crippen molar-refractivity contribution in [1.29, 1.82) is 5.26 Å². The first-order valence-corrected chi connectivity index (χ1v) is 5.70. The van der Waals surface area contributed by atoms with Gasteiger partial charge in [0.2, 0.25) is 0 Å². The molecule has 1 saturated heterocycles. The van der Waals surface area contributed by atoms with Crippen molar-refractivity contribution in [2.75, 3.05) is 11.4 Å². The van der Waals surface area contributed by atoms with E-state index in [2.05, 4.69) is 0 Å². The fraction of sp³-hybridized carbons (Fsp3) is 0.333. The predicted octanol–water partition coefficient (Wildman–Crippen LogP) is 2.27. The van der Waals surface area contributed by atoms with Gasteiger partial charge in [0.1, 0.15) is 12.1 Å². The van der Waals surface area contributed by atoms with Gasteiger partial charge in [0.15, 0.2) is 0 Å². The molecule has 0 unspecified atom stereocenters. The SMILES string of the molecule is N#Cc1ccc(N2CCC[C@H]2C(=O)O)cc1Cl. The molecule has 1 aromatic carbocycles. The van der Waals surface area contributed by atoms with Gasteiger partial charge in [0.05, 0.1) is 10.6 Å². The summed E-state index contributed by atoms with van der Waals surface area (Å²) in [5.41, 5.74) is 1.17. The third-order valence-corrected chi connectivity index (χ3v) is 3.26. The van der Waals surface area contributed by atoms with Gasteiger partial charge in [0, 0.05) is 12.2 Å². The van der Waals surface area contributed by atoms with Crippen LogP contribution < -0.4 is 4.90 Å². The van der Waals surface area contributed by atoms with E-state index < -0.39 is 12.0 Å². The molecule has 1 aliphatic heterocycles. The summed E-state index contributed by atoms with van der Waals surface area (Å²) in [5, 5.41) is 18.2. The summed E-state index contributed by atoms with van der Waals surface area (Å²) >= 11 is 5.94. The van der Waals surface area contributed by atoms with Gasteiger partial charge in [-0.05, 0) is 31.0 Å². The Kier molecular flexibility index (Phi) is 3.21. The van der Waals surface area contributed by atoms with Gasteiger partial charge in [-0.15, -0.1) is 0 Å². The summed E-state index contributed by atoms with van der Waals surface area (Å²) in [6.45, 7) is 0.708. The number of nitriles is 1. The lowest BCUT2D eigenvalue weighted by atomic mass is 10.2. The Morgan fingerprint density at radius 2 is 2.35 bits per heavy atom. The fourth-order valence-corrected chi connectivity index (χ4v) is 2.32.